The van der Waals surface area contributed by atoms with Crippen molar-refractivity contribution in [1.82, 2.24) is 24.5 Å². The Kier molecular flexibility index (Phi) is 3.94. The van der Waals surface area contributed by atoms with Crippen LogP contribution in [0.25, 0.3) is 22.2 Å². The summed E-state index contributed by atoms with van der Waals surface area (Å²) in [4.78, 5) is 1.02. The molecule has 0 N–H and O–H groups in total. The molecule has 7 heteroatoms. The van der Waals surface area contributed by atoms with E-state index in [4.69, 9.17) is 16.7 Å². The molecule has 3 aromatic rings. The molecule has 0 spiro atoms. The van der Waals surface area contributed by atoms with Crippen molar-refractivity contribution in [2.24, 2.45) is 0 Å². The van der Waals surface area contributed by atoms with Crippen molar-refractivity contribution in [3.05, 3.63) is 27.2 Å². The maximum Gasteiger partial charge on any atom is 0.182 e. The molecule has 3 aromatic heterocycles. The van der Waals surface area contributed by atoms with Crippen LogP contribution < -0.4 is 0 Å². The maximum absolute atomic E-state index is 6.52. The summed E-state index contributed by atoms with van der Waals surface area (Å²) in [5.41, 5.74) is 4.90. The predicted octanol–water partition coefficient (Wildman–Crippen LogP) is 5.07. The third-order valence-corrected chi connectivity index (χ3v) is 7.44. The number of nitrogens with zero attached hydrogens (tertiary/aromatic N) is 5. The highest BCUT2D eigenvalue weighted by atomic mass is 35.5. The second kappa shape index (κ2) is 6.20. The van der Waals surface area contributed by atoms with Gasteiger partial charge in [0.05, 0.1) is 21.6 Å². The van der Waals surface area contributed by atoms with Gasteiger partial charge in [-0.25, -0.2) is 0 Å². The first-order valence-electron chi connectivity index (χ1n) is 9.46. The van der Waals surface area contributed by atoms with Gasteiger partial charge in [0, 0.05) is 12.1 Å². The molecule has 0 radical (unpaired) electrons. The summed E-state index contributed by atoms with van der Waals surface area (Å²) in [6.45, 7) is 5.12. The van der Waals surface area contributed by atoms with Crippen LogP contribution in [0.5, 0.6) is 0 Å². The van der Waals surface area contributed by atoms with E-state index in [1.807, 2.05) is 6.92 Å². The van der Waals surface area contributed by atoms with Gasteiger partial charge in [-0.2, -0.15) is 5.10 Å². The minimum Gasteiger partial charge on any atom is -0.305 e. The molecule has 5 nitrogen and oxygen atoms in total. The number of fused-ring (bicyclic) bond motifs is 3. The summed E-state index contributed by atoms with van der Waals surface area (Å²) in [6.07, 6.45) is 6.98. The number of halogens is 1. The van der Waals surface area contributed by atoms with E-state index < -0.39 is 0 Å². The maximum atomic E-state index is 6.52. The monoisotopic (exact) mass is 387 g/mol. The second-order valence-corrected chi connectivity index (χ2v) is 8.58. The van der Waals surface area contributed by atoms with Crippen molar-refractivity contribution in [2.75, 3.05) is 0 Å². The number of rotatable bonds is 3. The number of aryl methyl sites for hydroxylation is 2. The molecule has 136 valence electrons. The van der Waals surface area contributed by atoms with E-state index in [1.54, 1.807) is 11.3 Å². The fourth-order valence-corrected chi connectivity index (χ4v) is 5.65. The van der Waals surface area contributed by atoms with Gasteiger partial charge in [0.15, 0.2) is 11.6 Å². The zero-order chi connectivity index (χ0) is 17.8. The second-order valence-electron chi connectivity index (χ2n) is 7.32. The zero-order valence-electron chi connectivity index (χ0n) is 15.1. The first kappa shape index (κ1) is 16.5. The van der Waals surface area contributed by atoms with Gasteiger partial charge < -0.3 is 4.57 Å². The van der Waals surface area contributed by atoms with Crippen LogP contribution >= 0.6 is 22.9 Å². The van der Waals surface area contributed by atoms with Crippen LogP contribution in [-0.4, -0.2) is 24.5 Å². The topological polar surface area (TPSA) is 48.5 Å². The van der Waals surface area contributed by atoms with Gasteiger partial charge in [0.1, 0.15) is 5.69 Å². The smallest absolute Gasteiger partial charge is 0.182 e. The first-order valence-corrected chi connectivity index (χ1v) is 10.7. The Morgan fingerprint density at radius 3 is 2.69 bits per heavy atom. The van der Waals surface area contributed by atoms with E-state index in [0.29, 0.717) is 6.04 Å². The lowest BCUT2D eigenvalue weighted by atomic mass is 10.0. The lowest BCUT2D eigenvalue weighted by Gasteiger charge is -2.20. The average Bonchev–Trinajstić information content (AvgIpc) is 3.41. The molecule has 1 saturated carbocycles. The molecule has 0 bridgehead atoms. The average molecular weight is 388 g/mol. The zero-order valence-corrected chi connectivity index (χ0v) is 16.7. The highest BCUT2D eigenvalue weighted by Gasteiger charge is 2.32. The molecule has 0 aromatic carbocycles. The van der Waals surface area contributed by atoms with Gasteiger partial charge in [0.25, 0.3) is 0 Å². The fraction of sp³-hybridized carbons (Fsp3) is 0.526. The van der Waals surface area contributed by atoms with Crippen molar-refractivity contribution in [2.45, 2.75) is 65.0 Å². The van der Waals surface area contributed by atoms with E-state index in [-0.39, 0.29) is 0 Å². The summed E-state index contributed by atoms with van der Waals surface area (Å²) in [5.74, 6) is 1.86. The van der Waals surface area contributed by atoms with Crippen LogP contribution in [0, 0.1) is 6.92 Å². The summed E-state index contributed by atoms with van der Waals surface area (Å²) in [5, 5.41) is 17.0. The Morgan fingerprint density at radius 2 is 2.00 bits per heavy atom. The number of aromatic nitrogens is 5. The highest BCUT2D eigenvalue weighted by molar-refractivity contribution is 7.14. The van der Waals surface area contributed by atoms with Gasteiger partial charge in [-0.3, -0.25) is 4.68 Å². The summed E-state index contributed by atoms with van der Waals surface area (Å²) >= 11 is 8.17. The summed E-state index contributed by atoms with van der Waals surface area (Å²) < 4.78 is 4.51. The first-order chi connectivity index (χ1) is 12.7. The lowest BCUT2D eigenvalue weighted by Crippen LogP contribution is -2.16. The molecular weight excluding hydrogens is 366 g/mol. The molecular formula is C19H22ClN5S. The molecule has 2 aliphatic rings. The third kappa shape index (κ3) is 2.31. The van der Waals surface area contributed by atoms with Crippen molar-refractivity contribution in [1.29, 1.82) is 0 Å². The van der Waals surface area contributed by atoms with Gasteiger partial charge in [-0.1, -0.05) is 31.4 Å². The molecule has 1 aliphatic heterocycles. The minimum absolute atomic E-state index is 0.503. The van der Waals surface area contributed by atoms with Crippen molar-refractivity contribution < 1.29 is 0 Å². The van der Waals surface area contributed by atoms with Crippen LogP contribution in [0.3, 0.4) is 0 Å². The molecule has 0 saturated heterocycles. The van der Waals surface area contributed by atoms with Crippen LogP contribution in [0.15, 0.2) is 5.38 Å². The van der Waals surface area contributed by atoms with Gasteiger partial charge in [-0.05, 0) is 43.6 Å². The quantitative estimate of drug-likeness (QED) is 0.630. The minimum atomic E-state index is 0.503. The predicted molar refractivity (Wildman–Crippen MR) is 105 cm³/mol. The Hall–Kier alpha value is -1.66. The Morgan fingerprint density at radius 1 is 1.23 bits per heavy atom. The standard InChI is InChI=1S/C19H22ClN5S/c1-3-14-13-8-9-24-18(16(13)25(23-14)12-6-4-5-7-12)21-22-19(24)17-15(20)11(2)10-26-17/h10,12H,3-9H2,1-2H3. The third-order valence-electron chi connectivity index (χ3n) is 5.75. The Bertz CT molecular complexity index is 977. The number of thiophene rings is 1. The van der Waals surface area contributed by atoms with Crippen molar-refractivity contribution in [3.8, 4) is 22.2 Å². The van der Waals surface area contributed by atoms with Gasteiger partial charge in [0.2, 0.25) is 0 Å². The molecule has 0 amide bonds. The van der Waals surface area contributed by atoms with Crippen LogP contribution in [0.4, 0.5) is 0 Å². The fourth-order valence-electron chi connectivity index (χ4n) is 4.37. The summed E-state index contributed by atoms with van der Waals surface area (Å²) in [6, 6.07) is 0.503. The Labute approximate surface area is 162 Å². The molecule has 0 unspecified atom stereocenters. The molecule has 4 heterocycles. The lowest BCUT2D eigenvalue weighted by molar-refractivity contribution is 0.465. The van der Waals surface area contributed by atoms with E-state index in [0.717, 1.165) is 46.5 Å². The largest absolute Gasteiger partial charge is 0.305 e. The molecule has 1 aliphatic carbocycles. The van der Waals surface area contributed by atoms with E-state index in [9.17, 15) is 0 Å². The number of hydrogen-bond acceptors (Lipinski definition) is 4. The van der Waals surface area contributed by atoms with Gasteiger partial charge >= 0.3 is 0 Å². The van der Waals surface area contributed by atoms with Gasteiger partial charge in [-0.15, -0.1) is 21.5 Å². The SMILES string of the molecule is CCc1nn(C2CCCC2)c2c1CCn1c(-c3scc(C)c3Cl)nnc1-2. The molecule has 1 fully saturated rings. The van der Waals surface area contributed by atoms with E-state index in [2.05, 4.69) is 31.8 Å². The van der Waals surface area contributed by atoms with Crippen molar-refractivity contribution in [3.63, 3.8) is 0 Å². The molecule has 0 atom stereocenters. The normalized spacial score (nSPS) is 16.9. The van der Waals surface area contributed by atoms with Crippen molar-refractivity contribution >= 4 is 22.9 Å². The van der Waals surface area contributed by atoms with E-state index >= 15 is 0 Å². The molecule has 26 heavy (non-hydrogen) atoms. The van der Waals surface area contributed by atoms with Crippen LogP contribution in [0.2, 0.25) is 5.02 Å². The van der Waals surface area contributed by atoms with E-state index in [1.165, 1.54) is 42.6 Å². The number of hydrogen-bond donors (Lipinski definition) is 0. The van der Waals surface area contributed by atoms with Crippen LogP contribution in [-0.2, 0) is 19.4 Å². The summed E-state index contributed by atoms with van der Waals surface area (Å²) in [7, 11) is 0. The molecule has 5 rings (SSSR count). The highest BCUT2D eigenvalue weighted by Crippen LogP contribution is 2.41. The Balaban J connectivity index is 1.68. The van der Waals surface area contributed by atoms with Crippen LogP contribution in [0.1, 0.15) is 55.5 Å².